The molecule has 1 aromatic rings. The molecule has 0 unspecified atom stereocenters. The largest absolute Gasteiger partial charge is 0.478 e. The number of carboxylic acid groups (broad SMARTS) is 1. The Morgan fingerprint density at radius 1 is 1.38 bits per heavy atom. The predicted octanol–water partition coefficient (Wildman–Crippen LogP) is 1.41. The number of amides is 1. The van der Waals surface area contributed by atoms with Crippen LogP contribution in [0.5, 0.6) is 0 Å². The lowest BCUT2D eigenvalue weighted by Crippen LogP contribution is -2.22. The van der Waals surface area contributed by atoms with Gasteiger partial charge in [-0.15, -0.1) is 0 Å². The molecule has 0 bridgehead atoms. The van der Waals surface area contributed by atoms with Gasteiger partial charge in [0.2, 0.25) is 5.91 Å². The van der Waals surface area contributed by atoms with Crippen molar-refractivity contribution >= 4 is 11.9 Å². The molecule has 0 radical (unpaired) electrons. The van der Waals surface area contributed by atoms with Gasteiger partial charge < -0.3 is 10.0 Å². The molecule has 16 heavy (non-hydrogen) atoms. The zero-order valence-corrected chi connectivity index (χ0v) is 8.64. The number of rotatable bonds is 2. The Morgan fingerprint density at radius 2 is 2.12 bits per heavy atom. The third kappa shape index (κ3) is 1.58. The van der Waals surface area contributed by atoms with Gasteiger partial charge in [0.1, 0.15) is 0 Å². The van der Waals surface area contributed by atoms with E-state index >= 15 is 0 Å². The average molecular weight is 217 g/mol. The number of carbonyl (C=O) groups excluding carboxylic acids is 1. The second-order valence-electron chi connectivity index (χ2n) is 3.65. The summed E-state index contributed by atoms with van der Waals surface area (Å²) in [5, 5.41) is 9.01. The number of nitrogens with zero attached hydrogens (tertiary/aromatic N) is 1. The first-order chi connectivity index (χ1) is 7.63. The fraction of sp³-hybridized carbons (Fsp3) is 0.167. The van der Waals surface area contributed by atoms with Crippen LogP contribution in [0.2, 0.25) is 0 Å². The lowest BCUT2D eigenvalue weighted by atomic mass is 10.0. The first-order valence-corrected chi connectivity index (χ1v) is 4.89. The normalized spacial score (nSPS) is 13.4. The summed E-state index contributed by atoms with van der Waals surface area (Å²) in [4.78, 5) is 24.0. The smallest absolute Gasteiger partial charge is 0.336 e. The van der Waals surface area contributed by atoms with Crippen molar-refractivity contribution in [2.75, 3.05) is 0 Å². The maximum absolute atomic E-state index is 11.4. The fourth-order valence-corrected chi connectivity index (χ4v) is 1.91. The van der Waals surface area contributed by atoms with Gasteiger partial charge in [-0.1, -0.05) is 18.7 Å². The number of carbonyl (C=O) groups is 2. The van der Waals surface area contributed by atoms with E-state index in [0.29, 0.717) is 13.1 Å². The van der Waals surface area contributed by atoms with Crippen LogP contribution in [-0.4, -0.2) is 21.9 Å². The van der Waals surface area contributed by atoms with Gasteiger partial charge in [0, 0.05) is 13.1 Å². The molecular formula is C12H11NO3. The SMILES string of the molecule is C=CC(=O)N1Cc2cccc(C(=O)O)c2C1. The minimum absolute atomic E-state index is 0.174. The molecule has 0 saturated heterocycles. The molecule has 1 aliphatic rings. The summed E-state index contributed by atoms with van der Waals surface area (Å²) >= 11 is 0. The van der Waals surface area contributed by atoms with E-state index in [9.17, 15) is 9.59 Å². The molecule has 0 fully saturated rings. The summed E-state index contributed by atoms with van der Waals surface area (Å²) < 4.78 is 0. The van der Waals surface area contributed by atoms with Crippen molar-refractivity contribution in [1.29, 1.82) is 0 Å². The van der Waals surface area contributed by atoms with Crippen molar-refractivity contribution in [1.82, 2.24) is 4.90 Å². The standard InChI is InChI=1S/C12H11NO3/c1-2-11(14)13-6-8-4-3-5-9(12(15)16)10(8)7-13/h2-5H,1,6-7H2,(H,15,16). The lowest BCUT2D eigenvalue weighted by Gasteiger charge is -2.11. The molecule has 0 spiro atoms. The van der Waals surface area contributed by atoms with Crippen molar-refractivity contribution in [3.63, 3.8) is 0 Å². The number of aromatic carboxylic acids is 1. The van der Waals surface area contributed by atoms with E-state index in [4.69, 9.17) is 5.11 Å². The van der Waals surface area contributed by atoms with Gasteiger partial charge in [-0.05, 0) is 23.3 Å². The van der Waals surface area contributed by atoms with E-state index < -0.39 is 5.97 Å². The van der Waals surface area contributed by atoms with E-state index in [1.54, 1.807) is 17.0 Å². The van der Waals surface area contributed by atoms with E-state index in [1.807, 2.05) is 6.07 Å². The first-order valence-electron chi connectivity index (χ1n) is 4.89. The predicted molar refractivity (Wildman–Crippen MR) is 57.9 cm³/mol. The van der Waals surface area contributed by atoms with Gasteiger partial charge in [0.25, 0.3) is 0 Å². The van der Waals surface area contributed by atoms with Crippen LogP contribution in [0.25, 0.3) is 0 Å². The second-order valence-corrected chi connectivity index (χ2v) is 3.65. The quantitative estimate of drug-likeness (QED) is 0.762. The molecule has 4 nitrogen and oxygen atoms in total. The molecule has 0 saturated carbocycles. The minimum Gasteiger partial charge on any atom is -0.478 e. The van der Waals surface area contributed by atoms with Crippen LogP contribution in [0.3, 0.4) is 0 Å². The number of benzene rings is 1. The summed E-state index contributed by atoms with van der Waals surface area (Å²) in [7, 11) is 0. The molecular weight excluding hydrogens is 206 g/mol. The highest BCUT2D eigenvalue weighted by molar-refractivity contribution is 5.91. The highest BCUT2D eigenvalue weighted by Gasteiger charge is 2.25. The van der Waals surface area contributed by atoms with Gasteiger partial charge in [0.15, 0.2) is 0 Å². The van der Waals surface area contributed by atoms with Crippen molar-refractivity contribution in [3.05, 3.63) is 47.5 Å². The molecule has 1 heterocycles. The first kappa shape index (κ1) is 10.4. The van der Waals surface area contributed by atoms with Crippen LogP contribution < -0.4 is 0 Å². The lowest BCUT2D eigenvalue weighted by molar-refractivity contribution is -0.126. The Hall–Kier alpha value is -2.10. The molecule has 1 amide bonds. The fourth-order valence-electron chi connectivity index (χ4n) is 1.91. The Kier molecular flexibility index (Phi) is 2.48. The van der Waals surface area contributed by atoms with Crippen molar-refractivity contribution in [2.45, 2.75) is 13.1 Å². The van der Waals surface area contributed by atoms with Gasteiger partial charge in [0.05, 0.1) is 5.56 Å². The van der Waals surface area contributed by atoms with Crippen LogP contribution in [0.15, 0.2) is 30.9 Å². The monoisotopic (exact) mass is 217 g/mol. The molecule has 82 valence electrons. The van der Waals surface area contributed by atoms with Crippen LogP contribution in [0.4, 0.5) is 0 Å². The van der Waals surface area contributed by atoms with E-state index in [0.717, 1.165) is 11.1 Å². The van der Waals surface area contributed by atoms with Crippen molar-refractivity contribution in [3.8, 4) is 0 Å². The topological polar surface area (TPSA) is 57.6 Å². The number of hydrogen-bond acceptors (Lipinski definition) is 2. The number of fused-ring (bicyclic) bond motifs is 1. The van der Waals surface area contributed by atoms with Crippen LogP contribution >= 0.6 is 0 Å². The maximum Gasteiger partial charge on any atom is 0.336 e. The van der Waals surface area contributed by atoms with E-state index in [-0.39, 0.29) is 11.5 Å². The summed E-state index contributed by atoms with van der Waals surface area (Å²) in [6.07, 6.45) is 1.24. The van der Waals surface area contributed by atoms with Crippen LogP contribution in [-0.2, 0) is 17.9 Å². The van der Waals surface area contributed by atoms with Gasteiger partial charge >= 0.3 is 5.97 Å². The third-order valence-corrected chi connectivity index (χ3v) is 2.70. The van der Waals surface area contributed by atoms with Gasteiger partial charge in [-0.25, -0.2) is 4.79 Å². The average Bonchev–Trinajstić information content (AvgIpc) is 2.70. The third-order valence-electron chi connectivity index (χ3n) is 2.70. The molecule has 0 atom stereocenters. The summed E-state index contributed by atoms with van der Waals surface area (Å²) in [6.45, 7) is 4.23. The van der Waals surface area contributed by atoms with Crippen LogP contribution in [0, 0.1) is 0 Å². The Balaban J connectivity index is 2.37. The Labute approximate surface area is 92.8 Å². The molecule has 0 aliphatic carbocycles. The van der Waals surface area contributed by atoms with Crippen LogP contribution in [0.1, 0.15) is 21.5 Å². The maximum atomic E-state index is 11.4. The summed E-state index contributed by atoms with van der Waals surface area (Å²) in [5.41, 5.74) is 1.90. The minimum atomic E-state index is -0.954. The highest BCUT2D eigenvalue weighted by atomic mass is 16.4. The van der Waals surface area contributed by atoms with Gasteiger partial charge in [-0.3, -0.25) is 4.79 Å². The molecule has 2 rings (SSSR count). The summed E-state index contributed by atoms with van der Waals surface area (Å²) in [6, 6.07) is 5.10. The van der Waals surface area contributed by atoms with Gasteiger partial charge in [-0.2, -0.15) is 0 Å². The Bertz CT molecular complexity index is 479. The van der Waals surface area contributed by atoms with Crippen molar-refractivity contribution < 1.29 is 14.7 Å². The Morgan fingerprint density at radius 3 is 2.75 bits per heavy atom. The van der Waals surface area contributed by atoms with E-state index in [2.05, 4.69) is 6.58 Å². The second kappa shape index (κ2) is 3.81. The highest BCUT2D eigenvalue weighted by Crippen LogP contribution is 2.26. The van der Waals surface area contributed by atoms with E-state index in [1.165, 1.54) is 6.08 Å². The molecule has 1 aliphatic heterocycles. The number of hydrogen-bond donors (Lipinski definition) is 1. The molecule has 4 heteroatoms. The molecule has 0 aromatic heterocycles. The molecule has 1 aromatic carbocycles. The zero-order valence-electron chi connectivity index (χ0n) is 8.64. The molecule has 1 N–H and O–H groups in total. The van der Waals surface area contributed by atoms with Crippen molar-refractivity contribution in [2.24, 2.45) is 0 Å². The summed E-state index contributed by atoms with van der Waals surface area (Å²) in [5.74, 6) is -1.13. The zero-order chi connectivity index (χ0) is 11.7. The number of carboxylic acids is 1.